The zero-order valence-corrected chi connectivity index (χ0v) is 19.5. The van der Waals surface area contributed by atoms with Crippen molar-refractivity contribution in [2.45, 2.75) is 65.3 Å². The van der Waals surface area contributed by atoms with Crippen LogP contribution in [0.4, 0.5) is 4.39 Å². The van der Waals surface area contributed by atoms with Gasteiger partial charge in [0, 0.05) is 16.5 Å². The number of nitrogens with one attached hydrogen (secondary N) is 1. The largest absolute Gasteiger partial charge is 0.347 e. The summed E-state index contributed by atoms with van der Waals surface area (Å²) in [6.07, 6.45) is 2.25. The Morgan fingerprint density at radius 3 is 2.41 bits per heavy atom. The normalized spacial score (nSPS) is 14.5. The molecule has 1 amide bonds. The number of amides is 1. The summed E-state index contributed by atoms with van der Waals surface area (Å²) in [4.78, 5) is 13.3. The number of nitrogens with zero attached hydrogens (tertiary/aromatic N) is 4. The third kappa shape index (κ3) is 4.42. The van der Waals surface area contributed by atoms with Crippen LogP contribution in [-0.4, -0.2) is 31.7 Å². The number of hydrogen-bond donors (Lipinski definition) is 1. The maximum absolute atomic E-state index is 14.3. The second-order valence-corrected chi connectivity index (χ2v) is 10.3. The number of benzene rings is 2. The Balaban J connectivity index is 1.83. The van der Waals surface area contributed by atoms with Crippen LogP contribution in [0, 0.1) is 18.7 Å². The molecule has 1 aliphatic rings. The van der Waals surface area contributed by atoms with E-state index in [1.807, 2.05) is 32.9 Å². The highest BCUT2D eigenvalue weighted by molar-refractivity contribution is 5.96. The molecule has 1 aliphatic carbocycles. The number of tetrazole rings is 1. The van der Waals surface area contributed by atoms with Crippen LogP contribution in [0.1, 0.15) is 69.2 Å². The topological polar surface area (TPSA) is 72.7 Å². The molecule has 168 valence electrons. The van der Waals surface area contributed by atoms with Gasteiger partial charge in [-0.25, -0.2) is 4.39 Å². The third-order valence-corrected chi connectivity index (χ3v) is 6.10. The number of rotatable bonds is 5. The van der Waals surface area contributed by atoms with E-state index in [0.717, 1.165) is 18.4 Å². The maximum atomic E-state index is 14.3. The van der Waals surface area contributed by atoms with Crippen molar-refractivity contribution in [3.05, 3.63) is 59.2 Å². The van der Waals surface area contributed by atoms with Crippen molar-refractivity contribution < 1.29 is 9.18 Å². The van der Waals surface area contributed by atoms with Gasteiger partial charge >= 0.3 is 0 Å². The molecule has 1 fully saturated rings. The van der Waals surface area contributed by atoms with E-state index in [1.54, 1.807) is 29.8 Å². The summed E-state index contributed by atoms with van der Waals surface area (Å²) in [6.45, 7) is 11.9. The van der Waals surface area contributed by atoms with E-state index in [1.165, 1.54) is 6.07 Å². The fourth-order valence-electron chi connectivity index (χ4n) is 3.90. The van der Waals surface area contributed by atoms with Gasteiger partial charge in [-0.1, -0.05) is 32.9 Å². The lowest BCUT2D eigenvalue weighted by atomic mass is 9.95. The van der Waals surface area contributed by atoms with Crippen molar-refractivity contribution in [1.82, 2.24) is 25.5 Å². The van der Waals surface area contributed by atoms with E-state index in [2.05, 4.69) is 34.7 Å². The first-order valence-corrected chi connectivity index (χ1v) is 11.0. The summed E-state index contributed by atoms with van der Waals surface area (Å²) in [6, 6.07) is 10.6. The Morgan fingerprint density at radius 1 is 1.06 bits per heavy atom. The lowest BCUT2D eigenvalue weighted by molar-refractivity contribution is 0.0903. The van der Waals surface area contributed by atoms with Gasteiger partial charge in [-0.05, 0) is 90.9 Å². The van der Waals surface area contributed by atoms with Gasteiger partial charge in [0.1, 0.15) is 5.82 Å². The van der Waals surface area contributed by atoms with Crippen molar-refractivity contribution in [3.63, 3.8) is 0 Å². The van der Waals surface area contributed by atoms with Crippen molar-refractivity contribution >= 4 is 5.91 Å². The van der Waals surface area contributed by atoms with Crippen molar-refractivity contribution in [2.24, 2.45) is 5.92 Å². The van der Waals surface area contributed by atoms with Crippen LogP contribution in [0.25, 0.3) is 16.8 Å². The van der Waals surface area contributed by atoms with Crippen LogP contribution in [0.15, 0.2) is 36.4 Å². The van der Waals surface area contributed by atoms with E-state index < -0.39 is 0 Å². The van der Waals surface area contributed by atoms with E-state index in [0.29, 0.717) is 34.1 Å². The van der Waals surface area contributed by atoms with Gasteiger partial charge in [0.25, 0.3) is 5.91 Å². The van der Waals surface area contributed by atoms with E-state index >= 15 is 0 Å². The monoisotopic (exact) mass is 435 g/mol. The van der Waals surface area contributed by atoms with Crippen LogP contribution < -0.4 is 5.32 Å². The molecule has 0 unspecified atom stereocenters. The molecule has 1 saturated carbocycles. The molecular weight excluding hydrogens is 405 g/mol. The van der Waals surface area contributed by atoms with E-state index in [9.17, 15) is 9.18 Å². The molecule has 32 heavy (non-hydrogen) atoms. The Bertz CT molecular complexity index is 1170. The molecule has 6 nitrogen and oxygen atoms in total. The van der Waals surface area contributed by atoms with Crippen molar-refractivity contribution in [1.29, 1.82) is 0 Å². The maximum Gasteiger partial charge on any atom is 0.251 e. The SMILES string of the molecule is Cc1ccc(-c2cc(C(=O)NC(C)(C)C3CC3)cc(-n3nnnc3C(C)(C)C)c2)cc1F. The number of hydrogen-bond acceptors (Lipinski definition) is 4. The van der Waals surface area contributed by atoms with Crippen molar-refractivity contribution in [2.75, 3.05) is 0 Å². The smallest absolute Gasteiger partial charge is 0.251 e. The molecule has 4 rings (SSSR count). The van der Waals surface area contributed by atoms with Crippen LogP contribution in [0.2, 0.25) is 0 Å². The molecule has 7 heteroatoms. The zero-order chi connectivity index (χ0) is 23.3. The third-order valence-electron chi connectivity index (χ3n) is 6.10. The second-order valence-electron chi connectivity index (χ2n) is 10.3. The minimum atomic E-state index is -0.300. The fraction of sp³-hybridized carbons (Fsp3) is 0.440. The second kappa shape index (κ2) is 7.80. The molecule has 0 saturated heterocycles. The highest BCUT2D eigenvalue weighted by Crippen LogP contribution is 2.39. The summed E-state index contributed by atoms with van der Waals surface area (Å²) in [7, 11) is 0. The molecular formula is C25H30FN5O. The van der Waals surface area contributed by atoms with Crippen LogP contribution in [0.3, 0.4) is 0 Å². The van der Waals surface area contributed by atoms with Crippen LogP contribution in [-0.2, 0) is 5.41 Å². The number of carbonyl (C=O) groups excluding carboxylic acids is 1. The first-order valence-electron chi connectivity index (χ1n) is 11.0. The lowest BCUT2D eigenvalue weighted by Crippen LogP contribution is -2.45. The van der Waals surface area contributed by atoms with Gasteiger partial charge in [0.2, 0.25) is 0 Å². The minimum absolute atomic E-state index is 0.164. The predicted octanol–water partition coefficient (Wildman–Crippen LogP) is 4.99. The average Bonchev–Trinajstić information content (AvgIpc) is 3.46. The van der Waals surface area contributed by atoms with Gasteiger partial charge in [-0.15, -0.1) is 5.10 Å². The zero-order valence-electron chi connectivity index (χ0n) is 19.5. The summed E-state index contributed by atoms with van der Waals surface area (Å²) < 4.78 is 16.0. The number of carbonyl (C=O) groups is 1. The molecule has 0 aliphatic heterocycles. The quantitative estimate of drug-likeness (QED) is 0.613. The predicted molar refractivity (Wildman–Crippen MR) is 122 cm³/mol. The number of halogens is 1. The van der Waals surface area contributed by atoms with Gasteiger partial charge in [-0.2, -0.15) is 4.68 Å². The Kier molecular flexibility index (Phi) is 5.39. The molecule has 3 aromatic rings. The molecule has 1 aromatic heterocycles. The summed E-state index contributed by atoms with van der Waals surface area (Å²) in [5.74, 6) is 0.719. The number of aryl methyl sites for hydroxylation is 1. The molecule has 2 aromatic carbocycles. The summed E-state index contributed by atoms with van der Waals surface area (Å²) >= 11 is 0. The molecule has 0 atom stereocenters. The lowest BCUT2D eigenvalue weighted by Gasteiger charge is -2.26. The van der Waals surface area contributed by atoms with Gasteiger partial charge in [-0.3, -0.25) is 4.79 Å². The molecule has 1 N–H and O–H groups in total. The molecule has 0 bridgehead atoms. The summed E-state index contributed by atoms with van der Waals surface area (Å²) in [5.41, 5.74) is 2.56. The van der Waals surface area contributed by atoms with E-state index in [4.69, 9.17) is 0 Å². The Morgan fingerprint density at radius 2 is 1.78 bits per heavy atom. The first kappa shape index (κ1) is 22.1. The minimum Gasteiger partial charge on any atom is -0.347 e. The number of aromatic nitrogens is 4. The Hall–Kier alpha value is -3.09. The molecule has 1 heterocycles. The first-order chi connectivity index (χ1) is 15.0. The highest BCUT2D eigenvalue weighted by atomic mass is 19.1. The van der Waals surface area contributed by atoms with Gasteiger partial charge in [0.05, 0.1) is 5.69 Å². The fourth-order valence-corrected chi connectivity index (χ4v) is 3.90. The van der Waals surface area contributed by atoms with E-state index in [-0.39, 0.29) is 22.7 Å². The van der Waals surface area contributed by atoms with Gasteiger partial charge in [0.15, 0.2) is 5.82 Å². The van der Waals surface area contributed by atoms with Crippen LogP contribution >= 0.6 is 0 Å². The molecule has 0 spiro atoms. The highest BCUT2D eigenvalue weighted by Gasteiger charge is 2.39. The summed E-state index contributed by atoms with van der Waals surface area (Å²) in [5, 5.41) is 15.4. The Labute approximate surface area is 188 Å². The van der Waals surface area contributed by atoms with Gasteiger partial charge < -0.3 is 5.32 Å². The van der Waals surface area contributed by atoms with Crippen molar-refractivity contribution in [3.8, 4) is 16.8 Å². The van der Waals surface area contributed by atoms with Crippen LogP contribution in [0.5, 0.6) is 0 Å². The standard InChI is InChI=1S/C25H30FN5O/c1-15-7-8-16(14-21(15)26)17-11-18(22(32)27-25(5,6)19-9-10-19)13-20(12-17)31-23(24(2,3)4)28-29-30-31/h7-8,11-14,19H,9-10H2,1-6H3,(H,27,32). The molecule has 0 radical (unpaired) electrons. The average molecular weight is 436 g/mol.